The number of hydrogen-bond donors (Lipinski definition) is 1. The molecule has 112 valence electrons. The topological polar surface area (TPSA) is 24.5 Å². The first kappa shape index (κ1) is 15.3. The van der Waals surface area contributed by atoms with Crippen LogP contribution in [0.3, 0.4) is 0 Å². The third-order valence-corrected chi connectivity index (χ3v) is 4.58. The average molecular weight is 268 g/mol. The molecule has 0 aromatic rings. The lowest BCUT2D eigenvalue weighted by Crippen LogP contribution is -2.49. The van der Waals surface area contributed by atoms with E-state index in [1.807, 2.05) is 0 Å². The number of piperidine rings is 1. The SMILES string of the molecule is CCCCN1CCC(NC2CC(C)OC(C)C2)CC1. The maximum atomic E-state index is 5.82. The molecule has 3 heteroatoms. The van der Waals surface area contributed by atoms with Gasteiger partial charge in [-0.25, -0.2) is 0 Å². The van der Waals surface area contributed by atoms with Crippen LogP contribution in [0.2, 0.25) is 0 Å². The highest BCUT2D eigenvalue weighted by molar-refractivity contribution is 4.84. The Balaban J connectivity index is 1.67. The lowest BCUT2D eigenvalue weighted by atomic mass is 9.96. The van der Waals surface area contributed by atoms with Gasteiger partial charge in [0.05, 0.1) is 12.2 Å². The molecule has 2 aliphatic heterocycles. The van der Waals surface area contributed by atoms with Crippen molar-refractivity contribution in [3.63, 3.8) is 0 Å². The van der Waals surface area contributed by atoms with Crippen molar-refractivity contribution in [3.8, 4) is 0 Å². The molecular weight excluding hydrogens is 236 g/mol. The van der Waals surface area contributed by atoms with Gasteiger partial charge in [0.15, 0.2) is 0 Å². The zero-order chi connectivity index (χ0) is 13.7. The molecule has 0 spiro atoms. The molecule has 2 unspecified atom stereocenters. The second-order valence-corrected chi connectivity index (χ2v) is 6.56. The maximum absolute atomic E-state index is 5.82. The fourth-order valence-corrected chi connectivity index (χ4v) is 3.58. The fourth-order valence-electron chi connectivity index (χ4n) is 3.58. The molecule has 0 amide bonds. The number of ether oxygens (including phenoxy) is 1. The van der Waals surface area contributed by atoms with Crippen LogP contribution in [0.4, 0.5) is 0 Å². The first-order chi connectivity index (χ1) is 9.17. The third kappa shape index (κ3) is 5.05. The Kier molecular flexibility index (Phi) is 6.11. The summed E-state index contributed by atoms with van der Waals surface area (Å²) >= 11 is 0. The molecule has 0 aromatic carbocycles. The van der Waals surface area contributed by atoms with E-state index < -0.39 is 0 Å². The number of likely N-dealkylation sites (tertiary alicyclic amines) is 1. The normalized spacial score (nSPS) is 34.6. The van der Waals surface area contributed by atoms with Crippen LogP contribution in [-0.4, -0.2) is 48.8 Å². The monoisotopic (exact) mass is 268 g/mol. The molecule has 0 aliphatic carbocycles. The molecule has 2 atom stereocenters. The van der Waals surface area contributed by atoms with Gasteiger partial charge >= 0.3 is 0 Å². The lowest BCUT2D eigenvalue weighted by molar-refractivity contribution is -0.0445. The smallest absolute Gasteiger partial charge is 0.0565 e. The molecule has 2 heterocycles. The van der Waals surface area contributed by atoms with Crippen LogP contribution < -0.4 is 5.32 Å². The minimum atomic E-state index is 0.422. The Morgan fingerprint density at radius 1 is 1.05 bits per heavy atom. The van der Waals surface area contributed by atoms with Crippen LogP contribution >= 0.6 is 0 Å². The minimum Gasteiger partial charge on any atom is -0.375 e. The summed E-state index contributed by atoms with van der Waals surface area (Å²) in [6.07, 6.45) is 8.52. The van der Waals surface area contributed by atoms with Crippen LogP contribution in [-0.2, 0) is 4.74 Å². The molecule has 2 rings (SSSR count). The molecule has 1 N–H and O–H groups in total. The number of nitrogens with zero attached hydrogens (tertiary/aromatic N) is 1. The molecule has 2 fully saturated rings. The van der Waals surface area contributed by atoms with E-state index in [9.17, 15) is 0 Å². The highest BCUT2D eigenvalue weighted by Gasteiger charge is 2.27. The highest BCUT2D eigenvalue weighted by Crippen LogP contribution is 2.21. The summed E-state index contributed by atoms with van der Waals surface area (Å²) in [6, 6.07) is 1.41. The van der Waals surface area contributed by atoms with E-state index in [1.165, 1.54) is 58.2 Å². The summed E-state index contributed by atoms with van der Waals surface area (Å²) in [5.41, 5.74) is 0. The van der Waals surface area contributed by atoms with Crippen LogP contribution in [0, 0.1) is 0 Å². The summed E-state index contributed by atoms with van der Waals surface area (Å²) in [5.74, 6) is 0. The zero-order valence-corrected chi connectivity index (χ0v) is 13.0. The van der Waals surface area contributed by atoms with Crippen molar-refractivity contribution in [2.24, 2.45) is 0 Å². The van der Waals surface area contributed by atoms with Crippen molar-refractivity contribution in [2.75, 3.05) is 19.6 Å². The number of unbranched alkanes of at least 4 members (excludes halogenated alkanes) is 1. The predicted molar refractivity (Wildman–Crippen MR) is 80.5 cm³/mol. The fraction of sp³-hybridized carbons (Fsp3) is 1.00. The van der Waals surface area contributed by atoms with Gasteiger partial charge in [-0.2, -0.15) is 0 Å². The van der Waals surface area contributed by atoms with Gasteiger partial charge in [0.1, 0.15) is 0 Å². The number of hydrogen-bond acceptors (Lipinski definition) is 3. The van der Waals surface area contributed by atoms with E-state index in [4.69, 9.17) is 4.74 Å². The van der Waals surface area contributed by atoms with E-state index in [2.05, 4.69) is 31.0 Å². The van der Waals surface area contributed by atoms with E-state index in [0.29, 0.717) is 18.2 Å². The Labute approximate surface area is 119 Å². The average Bonchev–Trinajstić information content (AvgIpc) is 2.37. The second-order valence-electron chi connectivity index (χ2n) is 6.56. The van der Waals surface area contributed by atoms with Gasteiger partial charge < -0.3 is 15.0 Å². The molecular formula is C16H32N2O. The van der Waals surface area contributed by atoms with E-state index in [-0.39, 0.29) is 0 Å². The summed E-state index contributed by atoms with van der Waals surface area (Å²) in [6.45, 7) is 10.6. The van der Waals surface area contributed by atoms with Crippen molar-refractivity contribution in [3.05, 3.63) is 0 Å². The van der Waals surface area contributed by atoms with Gasteiger partial charge in [-0.1, -0.05) is 13.3 Å². The molecule has 3 nitrogen and oxygen atoms in total. The molecule has 19 heavy (non-hydrogen) atoms. The van der Waals surface area contributed by atoms with Gasteiger partial charge in [0, 0.05) is 12.1 Å². The van der Waals surface area contributed by atoms with E-state index in [0.717, 1.165) is 6.04 Å². The van der Waals surface area contributed by atoms with E-state index >= 15 is 0 Å². The number of rotatable bonds is 5. The van der Waals surface area contributed by atoms with Crippen LogP contribution in [0.15, 0.2) is 0 Å². The standard InChI is InChI=1S/C16H32N2O/c1-4-5-8-18-9-6-15(7-10-18)17-16-11-13(2)19-14(3)12-16/h13-17H,4-12H2,1-3H3. The van der Waals surface area contributed by atoms with Crippen molar-refractivity contribution in [1.82, 2.24) is 10.2 Å². The molecule has 2 aliphatic rings. The summed E-state index contributed by atoms with van der Waals surface area (Å²) in [5, 5.41) is 3.89. The van der Waals surface area contributed by atoms with E-state index in [1.54, 1.807) is 0 Å². The zero-order valence-electron chi connectivity index (χ0n) is 13.0. The minimum absolute atomic E-state index is 0.422. The molecule has 0 saturated carbocycles. The van der Waals surface area contributed by atoms with Gasteiger partial charge in [0.25, 0.3) is 0 Å². The largest absolute Gasteiger partial charge is 0.375 e. The second kappa shape index (κ2) is 7.61. The van der Waals surface area contributed by atoms with Crippen molar-refractivity contribution < 1.29 is 4.74 Å². The Morgan fingerprint density at radius 3 is 2.26 bits per heavy atom. The molecule has 2 saturated heterocycles. The van der Waals surface area contributed by atoms with Gasteiger partial charge in [-0.3, -0.25) is 0 Å². The molecule has 0 bridgehead atoms. The van der Waals surface area contributed by atoms with Gasteiger partial charge in [0.2, 0.25) is 0 Å². The quantitative estimate of drug-likeness (QED) is 0.830. The Hall–Kier alpha value is -0.120. The highest BCUT2D eigenvalue weighted by atomic mass is 16.5. The Bertz CT molecular complexity index is 241. The predicted octanol–water partition coefficient (Wildman–Crippen LogP) is 2.80. The maximum Gasteiger partial charge on any atom is 0.0565 e. The van der Waals surface area contributed by atoms with Crippen LogP contribution in [0.1, 0.15) is 59.3 Å². The third-order valence-electron chi connectivity index (χ3n) is 4.58. The van der Waals surface area contributed by atoms with Crippen molar-refractivity contribution in [2.45, 2.75) is 83.6 Å². The van der Waals surface area contributed by atoms with Gasteiger partial charge in [-0.15, -0.1) is 0 Å². The van der Waals surface area contributed by atoms with Crippen LogP contribution in [0.25, 0.3) is 0 Å². The first-order valence-electron chi connectivity index (χ1n) is 8.31. The lowest BCUT2D eigenvalue weighted by Gasteiger charge is -2.38. The summed E-state index contributed by atoms with van der Waals surface area (Å²) < 4.78 is 5.82. The Morgan fingerprint density at radius 2 is 1.68 bits per heavy atom. The van der Waals surface area contributed by atoms with Crippen molar-refractivity contribution in [1.29, 1.82) is 0 Å². The summed E-state index contributed by atoms with van der Waals surface area (Å²) in [7, 11) is 0. The summed E-state index contributed by atoms with van der Waals surface area (Å²) in [4.78, 5) is 2.64. The van der Waals surface area contributed by atoms with Crippen molar-refractivity contribution >= 4 is 0 Å². The van der Waals surface area contributed by atoms with Gasteiger partial charge in [-0.05, 0) is 65.6 Å². The number of nitrogens with one attached hydrogen (secondary N) is 1. The first-order valence-corrected chi connectivity index (χ1v) is 8.31. The van der Waals surface area contributed by atoms with Crippen LogP contribution in [0.5, 0.6) is 0 Å². The molecule has 0 radical (unpaired) electrons. The molecule has 0 aromatic heterocycles.